The Kier molecular flexibility index (Phi) is 3.23. The third-order valence-electron chi connectivity index (χ3n) is 3.61. The minimum absolute atomic E-state index is 0.143. The Labute approximate surface area is 130 Å². The fourth-order valence-electron chi connectivity index (χ4n) is 2.57. The van der Waals surface area contributed by atoms with Crippen LogP contribution in [0.2, 0.25) is 0 Å². The van der Waals surface area contributed by atoms with Crippen LogP contribution in [0.1, 0.15) is 12.1 Å². The molecular formula is C16H11FN4S. The molecule has 6 heteroatoms. The lowest BCUT2D eigenvalue weighted by Gasteiger charge is -2.03. The van der Waals surface area contributed by atoms with E-state index in [9.17, 15) is 3.89 Å². The molecule has 4 heterocycles. The van der Waals surface area contributed by atoms with E-state index in [4.69, 9.17) is 0 Å². The highest BCUT2D eigenvalue weighted by molar-refractivity contribution is 8.10. The van der Waals surface area contributed by atoms with Crippen molar-refractivity contribution in [2.45, 2.75) is 6.42 Å². The topological polar surface area (TPSA) is 53.9 Å². The predicted molar refractivity (Wildman–Crippen MR) is 89.3 cm³/mol. The van der Waals surface area contributed by atoms with Crippen molar-refractivity contribution in [2.24, 2.45) is 4.99 Å². The molecule has 0 spiro atoms. The molecule has 0 saturated heterocycles. The second kappa shape index (κ2) is 5.38. The van der Waals surface area contributed by atoms with Gasteiger partial charge >= 0.3 is 0 Å². The Hall–Kier alpha value is -2.47. The van der Waals surface area contributed by atoms with Gasteiger partial charge in [0.05, 0.1) is 11.2 Å². The molecule has 0 saturated carbocycles. The summed E-state index contributed by atoms with van der Waals surface area (Å²) >= 11 is 0.143. The third kappa shape index (κ3) is 2.21. The Balaban J connectivity index is 1.86. The molecule has 0 aliphatic carbocycles. The van der Waals surface area contributed by atoms with Gasteiger partial charge in [-0.25, -0.2) is 9.98 Å². The first-order valence-electron chi connectivity index (χ1n) is 6.80. The Bertz CT molecular complexity index is 955. The fourth-order valence-corrected chi connectivity index (χ4v) is 2.86. The Morgan fingerprint density at radius 1 is 1.18 bits per heavy atom. The van der Waals surface area contributed by atoms with Gasteiger partial charge in [-0.2, -0.15) is 3.89 Å². The third-order valence-corrected chi connectivity index (χ3v) is 3.99. The van der Waals surface area contributed by atoms with Gasteiger partial charge in [-0.15, -0.1) is 0 Å². The molecule has 4 nitrogen and oxygen atoms in total. The number of aromatic nitrogens is 3. The van der Waals surface area contributed by atoms with E-state index in [0.29, 0.717) is 11.5 Å². The summed E-state index contributed by atoms with van der Waals surface area (Å²) in [5, 5.41) is 2.42. The van der Waals surface area contributed by atoms with E-state index in [0.717, 1.165) is 33.2 Å². The van der Waals surface area contributed by atoms with Crippen molar-refractivity contribution >= 4 is 44.7 Å². The minimum Gasteiger partial charge on any atom is -0.339 e. The van der Waals surface area contributed by atoms with Crippen molar-refractivity contribution in [1.29, 1.82) is 0 Å². The quantitative estimate of drug-likeness (QED) is 0.723. The monoisotopic (exact) mass is 310 g/mol. The number of aliphatic imine (C=N–C) groups is 1. The SMILES string of the molecule is FSC1=NC=CCC(c2ccc3c(n2)[nH]c2ccncc23)=C1. The van der Waals surface area contributed by atoms with Crippen LogP contribution >= 0.6 is 12.1 Å². The van der Waals surface area contributed by atoms with E-state index in [1.807, 2.05) is 30.5 Å². The van der Waals surface area contributed by atoms with E-state index in [1.165, 1.54) is 0 Å². The van der Waals surface area contributed by atoms with Crippen LogP contribution in [0, 0.1) is 0 Å². The molecule has 108 valence electrons. The summed E-state index contributed by atoms with van der Waals surface area (Å²) in [6.45, 7) is 0. The number of hydrogen-bond acceptors (Lipinski definition) is 4. The minimum atomic E-state index is 0.143. The average Bonchev–Trinajstić information content (AvgIpc) is 2.76. The van der Waals surface area contributed by atoms with E-state index in [1.54, 1.807) is 18.5 Å². The van der Waals surface area contributed by atoms with Gasteiger partial charge in [0, 0.05) is 29.4 Å². The molecule has 0 atom stereocenters. The summed E-state index contributed by atoms with van der Waals surface area (Å²) in [6.07, 6.45) is 9.51. The largest absolute Gasteiger partial charge is 0.339 e. The zero-order valence-corrected chi connectivity index (χ0v) is 12.3. The molecule has 1 N–H and O–H groups in total. The van der Waals surface area contributed by atoms with Crippen LogP contribution in [0.5, 0.6) is 0 Å². The second-order valence-corrected chi connectivity index (χ2v) is 5.51. The lowest BCUT2D eigenvalue weighted by molar-refractivity contribution is 0.950. The number of allylic oxidation sites excluding steroid dienone is 2. The standard InChI is InChI=1S/C16H11FN4S/c17-22-15-8-10(2-1-6-19-15)13-4-3-11-12-9-18-7-5-14(12)21-16(11)20-13/h1,3-9H,2H2,(H,20,21). The van der Waals surface area contributed by atoms with Gasteiger partial charge in [0.2, 0.25) is 0 Å². The molecule has 0 radical (unpaired) electrons. The lowest BCUT2D eigenvalue weighted by atomic mass is 10.1. The number of H-pyrrole nitrogens is 1. The maximum absolute atomic E-state index is 12.8. The van der Waals surface area contributed by atoms with E-state index < -0.39 is 0 Å². The molecule has 0 bridgehead atoms. The predicted octanol–water partition coefficient (Wildman–Crippen LogP) is 4.43. The van der Waals surface area contributed by atoms with Crippen LogP contribution in [-0.4, -0.2) is 20.0 Å². The highest BCUT2D eigenvalue weighted by Gasteiger charge is 2.10. The maximum atomic E-state index is 12.8. The number of pyridine rings is 2. The van der Waals surface area contributed by atoms with Crippen molar-refractivity contribution in [3.05, 3.63) is 54.6 Å². The molecular weight excluding hydrogens is 299 g/mol. The molecule has 4 rings (SSSR count). The fraction of sp³-hybridized carbons (Fsp3) is 0.0625. The van der Waals surface area contributed by atoms with Crippen LogP contribution in [0.4, 0.5) is 3.89 Å². The van der Waals surface area contributed by atoms with Crippen molar-refractivity contribution < 1.29 is 3.89 Å². The van der Waals surface area contributed by atoms with Crippen molar-refractivity contribution in [2.75, 3.05) is 0 Å². The van der Waals surface area contributed by atoms with E-state index >= 15 is 0 Å². The van der Waals surface area contributed by atoms with Crippen LogP contribution in [-0.2, 0) is 0 Å². The van der Waals surface area contributed by atoms with Crippen LogP contribution in [0.3, 0.4) is 0 Å². The van der Waals surface area contributed by atoms with Gasteiger partial charge in [-0.1, -0.05) is 6.08 Å². The summed E-state index contributed by atoms with van der Waals surface area (Å²) in [5.41, 5.74) is 3.57. The smallest absolute Gasteiger partial charge is 0.139 e. The second-order valence-electron chi connectivity index (χ2n) is 4.94. The average molecular weight is 310 g/mol. The number of nitrogens with one attached hydrogen (secondary N) is 1. The van der Waals surface area contributed by atoms with Gasteiger partial charge in [0.25, 0.3) is 0 Å². The number of nitrogens with zero attached hydrogens (tertiary/aromatic N) is 3. The van der Waals surface area contributed by atoms with Crippen LogP contribution in [0.15, 0.2) is 53.9 Å². The van der Waals surface area contributed by atoms with Gasteiger partial charge in [-0.3, -0.25) is 4.98 Å². The molecule has 3 aromatic rings. The number of aromatic amines is 1. The van der Waals surface area contributed by atoms with Gasteiger partial charge in [0.15, 0.2) is 0 Å². The molecule has 3 aromatic heterocycles. The van der Waals surface area contributed by atoms with Crippen molar-refractivity contribution in [1.82, 2.24) is 15.0 Å². The molecule has 22 heavy (non-hydrogen) atoms. The number of rotatable bonds is 1. The van der Waals surface area contributed by atoms with Crippen molar-refractivity contribution in [3.8, 4) is 0 Å². The zero-order chi connectivity index (χ0) is 14.9. The first kappa shape index (κ1) is 13.2. The Morgan fingerprint density at radius 3 is 3.05 bits per heavy atom. The zero-order valence-electron chi connectivity index (χ0n) is 11.5. The number of halogens is 1. The van der Waals surface area contributed by atoms with Crippen LogP contribution in [0.25, 0.3) is 27.5 Å². The summed E-state index contributed by atoms with van der Waals surface area (Å²) < 4.78 is 12.8. The molecule has 0 fully saturated rings. The summed E-state index contributed by atoms with van der Waals surface area (Å²) in [5.74, 6) is 0. The highest BCUT2D eigenvalue weighted by atomic mass is 32.2. The number of hydrogen-bond donors (Lipinski definition) is 1. The molecule has 1 aliphatic heterocycles. The maximum Gasteiger partial charge on any atom is 0.139 e. The summed E-state index contributed by atoms with van der Waals surface area (Å²) in [6, 6.07) is 5.90. The van der Waals surface area contributed by atoms with Crippen LogP contribution < -0.4 is 0 Å². The van der Waals surface area contributed by atoms with Gasteiger partial charge < -0.3 is 4.98 Å². The number of fused-ring (bicyclic) bond motifs is 3. The molecule has 0 unspecified atom stereocenters. The highest BCUT2D eigenvalue weighted by Crippen LogP contribution is 2.27. The summed E-state index contributed by atoms with van der Waals surface area (Å²) in [7, 11) is 0. The van der Waals surface area contributed by atoms with E-state index in [2.05, 4.69) is 19.9 Å². The molecule has 1 aliphatic rings. The Morgan fingerprint density at radius 2 is 2.14 bits per heavy atom. The van der Waals surface area contributed by atoms with Crippen molar-refractivity contribution in [3.63, 3.8) is 0 Å². The first-order valence-corrected chi connectivity index (χ1v) is 7.51. The van der Waals surface area contributed by atoms with Gasteiger partial charge in [-0.05, 0) is 36.3 Å². The first-order chi connectivity index (χ1) is 10.8. The molecule has 0 amide bonds. The summed E-state index contributed by atoms with van der Waals surface area (Å²) in [4.78, 5) is 16.1. The lowest BCUT2D eigenvalue weighted by Crippen LogP contribution is -1.92. The normalized spacial score (nSPS) is 15.0. The van der Waals surface area contributed by atoms with E-state index in [-0.39, 0.29) is 12.1 Å². The van der Waals surface area contributed by atoms with Gasteiger partial charge in [0.1, 0.15) is 22.8 Å². The molecule has 0 aromatic carbocycles.